The van der Waals surface area contributed by atoms with Gasteiger partial charge in [-0.25, -0.2) is 14.8 Å². The Hall–Kier alpha value is -2.95. The first-order valence-corrected chi connectivity index (χ1v) is 11.2. The molecule has 0 bridgehead atoms. The number of piperidine rings is 2. The summed E-state index contributed by atoms with van der Waals surface area (Å²) in [6.07, 6.45) is 3.95. The Morgan fingerprint density at radius 2 is 1.94 bits per heavy atom. The van der Waals surface area contributed by atoms with Gasteiger partial charge in [-0.15, -0.1) is 0 Å². The van der Waals surface area contributed by atoms with E-state index >= 15 is 0 Å². The average Bonchev–Trinajstić information content (AvgIpc) is 3.14. The molecule has 3 aliphatic heterocycles. The number of nitrogens with zero attached hydrogens (tertiary/aromatic N) is 5. The number of rotatable bonds is 6. The van der Waals surface area contributed by atoms with Gasteiger partial charge < -0.3 is 30.8 Å². The van der Waals surface area contributed by atoms with Crippen LogP contribution in [-0.4, -0.2) is 94.1 Å². The molecule has 3 aliphatic rings. The highest BCUT2D eigenvalue weighted by Gasteiger charge is 2.39. The molecule has 1 unspecified atom stereocenters. The number of aliphatic carboxylic acids is 1. The molecule has 3 fully saturated rings. The largest absolute Gasteiger partial charge is 0.481 e. The van der Waals surface area contributed by atoms with E-state index in [0.29, 0.717) is 62.1 Å². The van der Waals surface area contributed by atoms with Crippen LogP contribution in [0.25, 0.3) is 0 Å². The van der Waals surface area contributed by atoms with Crippen LogP contribution in [0.1, 0.15) is 38.4 Å². The molecular formula is C21H31N7O4. The van der Waals surface area contributed by atoms with E-state index in [1.165, 1.54) is 0 Å². The van der Waals surface area contributed by atoms with E-state index in [2.05, 4.69) is 19.8 Å². The smallest absolute Gasteiger partial charge is 0.410 e. The van der Waals surface area contributed by atoms with Gasteiger partial charge in [0.1, 0.15) is 6.10 Å². The van der Waals surface area contributed by atoms with Crippen LogP contribution in [0, 0.1) is 11.3 Å². The molecule has 0 aliphatic carbocycles. The van der Waals surface area contributed by atoms with Crippen LogP contribution >= 0.6 is 0 Å². The van der Waals surface area contributed by atoms with Crippen molar-refractivity contribution < 1.29 is 19.4 Å². The maximum absolute atomic E-state index is 12.5. The van der Waals surface area contributed by atoms with Gasteiger partial charge in [0, 0.05) is 25.7 Å². The zero-order valence-electron chi connectivity index (χ0n) is 18.4. The van der Waals surface area contributed by atoms with Crippen LogP contribution in [0.4, 0.5) is 16.3 Å². The Bertz CT molecular complexity index is 879. The fourth-order valence-corrected chi connectivity index (χ4v) is 4.79. The summed E-state index contributed by atoms with van der Waals surface area (Å²) >= 11 is 0. The summed E-state index contributed by atoms with van der Waals surface area (Å²) in [4.78, 5) is 38.3. The standard InChI is InChI=1S/C21H31N7O4/c1-13(22)18-24-10-17(23)19(25-18)27-8-4-15(5-9-27)28-12-16(32-21(28)31)11-26-6-2-14(3-7-26)20(29)30/h10,14-16,22H,2-9,11-12,23H2,1H3,(H,29,30). The number of carboxylic acid groups (broad SMARTS) is 1. The molecule has 1 amide bonds. The van der Waals surface area contributed by atoms with Gasteiger partial charge >= 0.3 is 12.1 Å². The van der Waals surface area contributed by atoms with Crippen LogP contribution in [0.5, 0.6) is 0 Å². The van der Waals surface area contributed by atoms with E-state index < -0.39 is 5.97 Å². The van der Waals surface area contributed by atoms with Crippen molar-refractivity contribution in [2.75, 3.05) is 49.9 Å². The third-order valence-corrected chi connectivity index (χ3v) is 6.64. The SMILES string of the molecule is CC(=N)c1ncc(N)c(N2CCC(N3CC(CN4CCC(C(=O)O)CC4)OC3=O)CC2)n1. The fourth-order valence-electron chi connectivity index (χ4n) is 4.79. The Kier molecular flexibility index (Phi) is 6.45. The predicted molar refractivity (Wildman–Crippen MR) is 118 cm³/mol. The number of carboxylic acids is 1. The highest BCUT2D eigenvalue weighted by molar-refractivity contribution is 5.93. The molecule has 32 heavy (non-hydrogen) atoms. The zero-order chi connectivity index (χ0) is 22.8. The molecule has 11 nitrogen and oxygen atoms in total. The lowest BCUT2D eigenvalue weighted by molar-refractivity contribution is -0.143. The molecule has 0 radical (unpaired) electrons. The number of aromatic nitrogens is 2. The van der Waals surface area contributed by atoms with Crippen LogP contribution < -0.4 is 10.6 Å². The quantitative estimate of drug-likeness (QED) is 0.546. The van der Waals surface area contributed by atoms with Gasteiger partial charge in [0.05, 0.1) is 30.1 Å². The highest BCUT2D eigenvalue weighted by atomic mass is 16.6. The van der Waals surface area contributed by atoms with E-state index in [0.717, 1.165) is 25.9 Å². The molecule has 174 valence electrons. The van der Waals surface area contributed by atoms with Gasteiger partial charge in [-0.2, -0.15) is 0 Å². The van der Waals surface area contributed by atoms with Crippen molar-refractivity contribution in [2.45, 2.75) is 44.8 Å². The average molecular weight is 446 g/mol. The first kappa shape index (κ1) is 22.3. The maximum Gasteiger partial charge on any atom is 0.410 e. The second-order valence-corrected chi connectivity index (χ2v) is 8.89. The first-order valence-electron chi connectivity index (χ1n) is 11.2. The van der Waals surface area contributed by atoms with Gasteiger partial charge in [0.25, 0.3) is 0 Å². The third kappa shape index (κ3) is 4.77. The number of hydrogen-bond acceptors (Lipinski definition) is 9. The van der Waals surface area contributed by atoms with Crippen LogP contribution in [-0.2, 0) is 9.53 Å². The summed E-state index contributed by atoms with van der Waals surface area (Å²) in [5.74, 6) is 0.0331. The number of nitrogens with one attached hydrogen (secondary N) is 1. The summed E-state index contributed by atoms with van der Waals surface area (Å²) < 4.78 is 5.63. The summed E-state index contributed by atoms with van der Waals surface area (Å²) in [6.45, 7) is 5.72. The normalized spacial score (nSPS) is 23.4. The van der Waals surface area contributed by atoms with Gasteiger partial charge in [-0.3, -0.25) is 9.69 Å². The predicted octanol–water partition coefficient (Wildman–Crippen LogP) is 1.03. The molecule has 0 aromatic carbocycles. The third-order valence-electron chi connectivity index (χ3n) is 6.64. The lowest BCUT2D eigenvalue weighted by atomic mass is 9.97. The van der Waals surface area contributed by atoms with Crippen molar-refractivity contribution in [1.82, 2.24) is 19.8 Å². The summed E-state index contributed by atoms with van der Waals surface area (Å²) in [7, 11) is 0. The molecule has 1 aromatic rings. The van der Waals surface area contributed by atoms with E-state index in [-0.39, 0.29) is 24.2 Å². The lowest BCUT2D eigenvalue weighted by Crippen LogP contribution is -2.46. The van der Waals surface area contributed by atoms with Crippen LogP contribution in [0.3, 0.4) is 0 Å². The highest BCUT2D eigenvalue weighted by Crippen LogP contribution is 2.28. The van der Waals surface area contributed by atoms with Gasteiger partial charge in [0.15, 0.2) is 11.6 Å². The van der Waals surface area contributed by atoms with Crippen molar-refractivity contribution in [3.8, 4) is 0 Å². The summed E-state index contributed by atoms with van der Waals surface area (Å²) in [5.41, 5.74) is 6.85. The summed E-state index contributed by atoms with van der Waals surface area (Å²) in [5, 5.41) is 16.9. The topological polar surface area (TPSA) is 149 Å². The monoisotopic (exact) mass is 445 g/mol. The molecule has 0 spiro atoms. The number of nitrogen functional groups attached to an aromatic ring is 1. The van der Waals surface area contributed by atoms with E-state index in [1.54, 1.807) is 13.1 Å². The molecule has 4 rings (SSSR count). The first-order chi connectivity index (χ1) is 15.3. The number of amides is 1. The Balaban J connectivity index is 1.29. The number of ether oxygens (including phenoxy) is 1. The van der Waals surface area contributed by atoms with Crippen molar-refractivity contribution >= 4 is 29.3 Å². The number of carbonyl (C=O) groups excluding carboxylic acids is 1. The van der Waals surface area contributed by atoms with Crippen molar-refractivity contribution in [3.05, 3.63) is 12.0 Å². The number of nitrogens with two attached hydrogens (primary N) is 1. The van der Waals surface area contributed by atoms with Crippen molar-refractivity contribution in [2.24, 2.45) is 5.92 Å². The number of carbonyl (C=O) groups is 2. The van der Waals surface area contributed by atoms with Crippen molar-refractivity contribution in [3.63, 3.8) is 0 Å². The molecule has 11 heteroatoms. The molecule has 3 saturated heterocycles. The van der Waals surface area contributed by atoms with Gasteiger partial charge in [0.2, 0.25) is 0 Å². The Morgan fingerprint density at radius 1 is 1.25 bits per heavy atom. The number of cyclic esters (lactones) is 1. The second kappa shape index (κ2) is 9.27. The molecule has 0 saturated carbocycles. The Labute approximate surface area is 187 Å². The van der Waals surface area contributed by atoms with E-state index in [4.69, 9.17) is 21.0 Å². The molecule has 1 atom stereocenters. The number of likely N-dealkylation sites (tertiary alicyclic amines) is 1. The van der Waals surface area contributed by atoms with Gasteiger partial charge in [-0.1, -0.05) is 0 Å². The molecule has 4 N–H and O–H groups in total. The van der Waals surface area contributed by atoms with Crippen molar-refractivity contribution in [1.29, 1.82) is 5.41 Å². The minimum atomic E-state index is -0.720. The number of anilines is 2. The maximum atomic E-state index is 12.5. The van der Waals surface area contributed by atoms with Crippen LogP contribution in [0.15, 0.2) is 6.20 Å². The molecule has 4 heterocycles. The fraction of sp³-hybridized carbons (Fsp3) is 0.667. The number of hydrogen-bond donors (Lipinski definition) is 3. The second-order valence-electron chi connectivity index (χ2n) is 8.89. The van der Waals surface area contributed by atoms with Gasteiger partial charge in [-0.05, 0) is 45.7 Å². The van der Waals surface area contributed by atoms with E-state index in [9.17, 15) is 9.59 Å². The van der Waals surface area contributed by atoms with Crippen LogP contribution in [0.2, 0.25) is 0 Å². The lowest BCUT2D eigenvalue weighted by Gasteiger charge is -2.36. The minimum absolute atomic E-state index is 0.105. The molecule has 1 aromatic heterocycles. The molecular weight excluding hydrogens is 414 g/mol. The summed E-state index contributed by atoms with van der Waals surface area (Å²) in [6, 6.07) is 0.105. The minimum Gasteiger partial charge on any atom is -0.481 e. The van der Waals surface area contributed by atoms with E-state index in [1.807, 2.05) is 4.90 Å². The zero-order valence-corrected chi connectivity index (χ0v) is 18.4. The Morgan fingerprint density at radius 3 is 2.56 bits per heavy atom.